The third kappa shape index (κ3) is 8.89. The molecule has 0 heterocycles. The number of likely N-dealkylation sites (N-methyl/N-ethyl adjacent to an activating group) is 1. The first kappa shape index (κ1) is 16.0. The van der Waals surface area contributed by atoms with Crippen LogP contribution in [0.4, 0.5) is 0 Å². The Morgan fingerprint density at radius 1 is 1.38 bits per heavy atom. The molecule has 0 radical (unpaired) electrons. The molecule has 0 saturated carbocycles. The number of hydrogen-bond acceptors (Lipinski definition) is 3. The average Bonchev–Trinajstić information content (AvgIpc) is 1.98. The zero-order valence-corrected chi connectivity index (χ0v) is 11.6. The molecule has 0 aliphatic heterocycles. The van der Waals surface area contributed by atoms with E-state index >= 15 is 0 Å². The summed E-state index contributed by atoms with van der Waals surface area (Å²) in [5, 5.41) is 10.1. The van der Waals surface area contributed by atoms with Crippen LogP contribution in [0.15, 0.2) is 0 Å². The zero-order chi connectivity index (χ0) is 9.56. The summed E-state index contributed by atoms with van der Waals surface area (Å²) >= 11 is 0. The van der Waals surface area contributed by atoms with Gasteiger partial charge in [0.25, 0.3) is 0 Å². The molecule has 4 nitrogen and oxygen atoms in total. The number of amides is 1. The molecule has 0 aromatic carbocycles. The van der Waals surface area contributed by atoms with Crippen LogP contribution in [0.1, 0.15) is 26.2 Å². The van der Waals surface area contributed by atoms with Crippen LogP contribution in [0.2, 0.25) is 0 Å². The van der Waals surface area contributed by atoms with E-state index in [4.69, 9.17) is 0 Å². The second-order valence-corrected chi connectivity index (χ2v) is 2.73. The Bertz CT molecular complexity index is 173. The van der Waals surface area contributed by atoms with Gasteiger partial charge in [0.2, 0.25) is 5.91 Å². The van der Waals surface area contributed by atoms with Gasteiger partial charge in [-0.1, -0.05) is 13.3 Å². The first-order valence-electron chi connectivity index (χ1n) is 4.01. The van der Waals surface area contributed by atoms with Gasteiger partial charge in [-0.2, -0.15) is 0 Å². The van der Waals surface area contributed by atoms with E-state index < -0.39 is 5.97 Å². The molecule has 0 atom stereocenters. The van der Waals surface area contributed by atoms with E-state index in [2.05, 4.69) is 0 Å². The smallest absolute Gasteiger partial charge is 0.548 e. The summed E-state index contributed by atoms with van der Waals surface area (Å²) < 4.78 is 0. The Kier molecular flexibility index (Phi) is 11.3. The number of rotatable bonds is 5. The predicted molar refractivity (Wildman–Crippen MR) is 42.2 cm³/mol. The largest absolute Gasteiger partial charge is 1.00 e. The van der Waals surface area contributed by atoms with Gasteiger partial charge >= 0.3 is 51.4 Å². The molecule has 0 fully saturated rings. The molecule has 0 aromatic rings. The van der Waals surface area contributed by atoms with E-state index in [0.29, 0.717) is 6.42 Å². The summed E-state index contributed by atoms with van der Waals surface area (Å²) in [6.45, 7) is 1.66. The van der Waals surface area contributed by atoms with Crippen molar-refractivity contribution in [2.24, 2.45) is 0 Å². The van der Waals surface area contributed by atoms with Gasteiger partial charge in [-0.15, -0.1) is 0 Å². The van der Waals surface area contributed by atoms with Crippen LogP contribution in [0.25, 0.3) is 0 Å². The fourth-order valence-electron chi connectivity index (χ4n) is 0.801. The number of carboxylic acids is 1. The molecule has 0 N–H and O–H groups in total. The minimum atomic E-state index is -1.22. The summed E-state index contributed by atoms with van der Waals surface area (Å²) in [7, 11) is 1.47. The van der Waals surface area contributed by atoms with Crippen molar-refractivity contribution < 1.29 is 66.1 Å². The van der Waals surface area contributed by atoms with E-state index in [0.717, 1.165) is 12.8 Å². The third-order valence-corrected chi connectivity index (χ3v) is 1.54. The van der Waals surface area contributed by atoms with Gasteiger partial charge in [-0.3, -0.25) is 4.79 Å². The van der Waals surface area contributed by atoms with Gasteiger partial charge in [0.15, 0.2) is 0 Å². The van der Waals surface area contributed by atoms with Gasteiger partial charge in [0, 0.05) is 13.5 Å². The molecule has 70 valence electrons. The topological polar surface area (TPSA) is 60.4 Å². The fourth-order valence-corrected chi connectivity index (χ4v) is 0.801. The van der Waals surface area contributed by atoms with E-state index in [9.17, 15) is 14.7 Å². The molecule has 1 amide bonds. The SMILES string of the molecule is CCCCC(=O)N(C)CC(=O)[O-].[K+]. The van der Waals surface area contributed by atoms with Crippen LogP contribution in [-0.4, -0.2) is 30.4 Å². The second-order valence-electron chi connectivity index (χ2n) is 2.73. The first-order chi connectivity index (χ1) is 5.57. The van der Waals surface area contributed by atoms with E-state index in [1.54, 1.807) is 0 Å². The van der Waals surface area contributed by atoms with Crippen molar-refractivity contribution in [1.29, 1.82) is 0 Å². The molecular weight excluding hydrogens is 197 g/mol. The Balaban J connectivity index is 0. The summed E-state index contributed by atoms with van der Waals surface area (Å²) in [6, 6.07) is 0. The molecule has 0 aromatic heterocycles. The second kappa shape index (κ2) is 9.14. The molecule has 0 unspecified atom stereocenters. The summed E-state index contributed by atoms with van der Waals surface area (Å²) in [5.41, 5.74) is 0. The number of carbonyl (C=O) groups excluding carboxylic acids is 2. The van der Waals surface area contributed by atoms with Crippen molar-refractivity contribution in [1.82, 2.24) is 4.90 Å². The van der Waals surface area contributed by atoms with Gasteiger partial charge in [-0.25, -0.2) is 0 Å². The predicted octanol–water partition coefficient (Wildman–Crippen LogP) is -3.61. The van der Waals surface area contributed by atoms with E-state index in [1.165, 1.54) is 11.9 Å². The number of carbonyl (C=O) groups is 2. The van der Waals surface area contributed by atoms with Crippen LogP contribution in [-0.2, 0) is 9.59 Å². The third-order valence-electron chi connectivity index (χ3n) is 1.54. The maximum atomic E-state index is 11.1. The van der Waals surface area contributed by atoms with Crippen LogP contribution >= 0.6 is 0 Å². The standard InChI is InChI=1S/C8H15NO3.K/c1-3-4-5-7(10)9(2)6-8(11)12;/h3-6H2,1-2H3,(H,11,12);/q;+1/p-1. The van der Waals surface area contributed by atoms with Gasteiger partial charge < -0.3 is 14.8 Å². The Morgan fingerprint density at radius 2 is 1.92 bits per heavy atom. The fraction of sp³-hybridized carbons (Fsp3) is 0.750. The Labute approximate surface area is 121 Å². The van der Waals surface area contributed by atoms with Gasteiger partial charge in [-0.05, 0) is 6.42 Å². The zero-order valence-electron chi connectivity index (χ0n) is 8.50. The van der Waals surface area contributed by atoms with Crippen molar-refractivity contribution in [3.8, 4) is 0 Å². The molecule has 13 heavy (non-hydrogen) atoms. The summed E-state index contributed by atoms with van der Waals surface area (Å²) in [4.78, 5) is 22.3. The maximum Gasteiger partial charge on any atom is 1.00 e. The molecule has 0 bridgehead atoms. The number of carboxylic acid groups (broad SMARTS) is 1. The Morgan fingerprint density at radius 3 is 2.31 bits per heavy atom. The van der Waals surface area contributed by atoms with E-state index in [1.807, 2.05) is 6.92 Å². The average molecular weight is 211 g/mol. The number of hydrogen-bond donors (Lipinski definition) is 0. The van der Waals surface area contributed by atoms with Gasteiger partial charge in [0.1, 0.15) is 0 Å². The molecule has 0 rings (SSSR count). The number of nitrogens with zero attached hydrogens (tertiary/aromatic N) is 1. The van der Waals surface area contributed by atoms with E-state index in [-0.39, 0.29) is 63.8 Å². The Hall–Kier alpha value is 0.576. The van der Waals surface area contributed by atoms with Crippen LogP contribution in [0.3, 0.4) is 0 Å². The molecule has 0 aliphatic carbocycles. The molecule has 0 aliphatic rings. The van der Waals surface area contributed by atoms with Crippen LogP contribution < -0.4 is 56.5 Å². The van der Waals surface area contributed by atoms with Crippen LogP contribution in [0.5, 0.6) is 0 Å². The van der Waals surface area contributed by atoms with Crippen molar-refractivity contribution in [2.75, 3.05) is 13.6 Å². The van der Waals surface area contributed by atoms with Crippen LogP contribution in [0, 0.1) is 0 Å². The minimum Gasteiger partial charge on any atom is -0.548 e. The monoisotopic (exact) mass is 211 g/mol. The molecular formula is C8H14KNO3. The van der Waals surface area contributed by atoms with Crippen molar-refractivity contribution in [3.63, 3.8) is 0 Å². The normalized spacial score (nSPS) is 8.77. The van der Waals surface area contributed by atoms with Crippen molar-refractivity contribution >= 4 is 11.9 Å². The number of aliphatic carboxylic acids is 1. The van der Waals surface area contributed by atoms with Crippen molar-refractivity contribution in [3.05, 3.63) is 0 Å². The van der Waals surface area contributed by atoms with Crippen molar-refractivity contribution in [2.45, 2.75) is 26.2 Å². The quantitative estimate of drug-likeness (QED) is 0.441. The summed E-state index contributed by atoms with van der Waals surface area (Å²) in [6.07, 6.45) is 2.15. The minimum absolute atomic E-state index is 0. The molecule has 0 saturated heterocycles. The number of unbranched alkanes of at least 4 members (excludes halogenated alkanes) is 1. The summed E-state index contributed by atoms with van der Waals surface area (Å²) in [5.74, 6) is -1.36. The molecule has 0 spiro atoms. The van der Waals surface area contributed by atoms with Gasteiger partial charge in [0.05, 0.1) is 12.5 Å². The first-order valence-corrected chi connectivity index (χ1v) is 4.01. The maximum absolute atomic E-state index is 11.1. The molecule has 5 heteroatoms.